The molecule has 7 heteroatoms. The summed E-state index contributed by atoms with van der Waals surface area (Å²) in [4.78, 5) is 11.6. The molecule has 6 nitrogen and oxygen atoms in total. The molecule has 0 saturated heterocycles. The van der Waals surface area contributed by atoms with Crippen molar-refractivity contribution in [3.8, 4) is 0 Å². The van der Waals surface area contributed by atoms with Gasteiger partial charge in [0.05, 0.1) is 12.7 Å². The molecule has 0 heterocycles. The standard InChI is InChI=1S/C19H16O6S/c1-24-19(20)15-9-7-14(8-10-15)18(25-26(21,22)23)17-11-6-13-4-2-3-5-16(13)12-17/h2-12,18H,1H3,(H,21,22,23). The molecule has 26 heavy (non-hydrogen) atoms. The van der Waals surface area contributed by atoms with Crippen molar-refractivity contribution >= 4 is 27.1 Å². The van der Waals surface area contributed by atoms with Crippen molar-refractivity contribution in [1.29, 1.82) is 0 Å². The van der Waals surface area contributed by atoms with Gasteiger partial charge >= 0.3 is 16.4 Å². The van der Waals surface area contributed by atoms with Crippen LogP contribution >= 0.6 is 0 Å². The number of ether oxygens (including phenoxy) is 1. The molecular weight excluding hydrogens is 356 g/mol. The smallest absolute Gasteiger partial charge is 0.398 e. The van der Waals surface area contributed by atoms with Crippen LogP contribution in [0.4, 0.5) is 0 Å². The van der Waals surface area contributed by atoms with Gasteiger partial charge in [0.1, 0.15) is 6.10 Å². The van der Waals surface area contributed by atoms with Gasteiger partial charge < -0.3 is 4.74 Å². The van der Waals surface area contributed by atoms with E-state index in [-0.39, 0.29) is 0 Å². The van der Waals surface area contributed by atoms with E-state index in [1.807, 2.05) is 30.3 Å². The van der Waals surface area contributed by atoms with Gasteiger partial charge in [0.15, 0.2) is 0 Å². The molecule has 3 aromatic rings. The Kier molecular flexibility index (Phi) is 5.03. The van der Waals surface area contributed by atoms with Crippen LogP contribution in [0.3, 0.4) is 0 Å². The van der Waals surface area contributed by atoms with Crippen molar-refractivity contribution < 1.29 is 26.7 Å². The molecule has 1 N–H and O–H groups in total. The van der Waals surface area contributed by atoms with Crippen molar-refractivity contribution in [3.63, 3.8) is 0 Å². The molecule has 1 atom stereocenters. The van der Waals surface area contributed by atoms with Gasteiger partial charge in [0.25, 0.3) is 0 Å². The predicted octanol–water partition coefficient (Wildman–Crippen LogP) is 3.54. The number of carbonyl (C=O) groups is 1. The third kappa shape index (κ3) is 4.08. The first-order chi connectivity index (χ1) is 12.4. The number of hydrogen-bond acceptors (Lipinski definition) is 5. The van der Waals surface area contributed by atoms with Crippen LogP contribution in [0, 0.1) is 0 Å². The highest BCUT2D eigenvalue weighted by Crippen LogP contribution is 2.30. The summed E-state index contributed by atoms with van der Waals surface area (Å²) >= 11 is 0. The molecular formula is C19H16O6S. The number of fused-ring (bicyclic) bond motifs is 1. The van der Waals surface area contributed by atoms with Crippen LogP contribution < -0.4 is 0 Å². The van der Waals surface area contributed by atoms with E-state index < -0.39 is 22.5 Å². The number of methoxy groups -OCH3 is 1. The van der Waals surface area contributed by atoms with Crippen molar-refractivity contribution in [2.45, 2.75) is 6.10 Å². The lowest BCUT2D eigenvalue weighted by Crippen LogP contribution is -2.13. The maximum atomic E-state index is 11.6. The van der Waals surface area contributed by atoms with Gasteiger partial charge in [-0.2, -0.15) is 8.42 Å². The Morgan fingerprint density at radius 3 is 2.15 bits per heavy atom. The van der Waals surface area contributed by atoms with E-state index in [1.54, 1.807) is 24.3 Å². The SMILES string of the molecule is COC(=O)c1ccc(C(OS(=O)(=O)O)c2ccc3ccccc3c2)cc1. The minimum Gasteiger partial charge on any atom is -0.465 e. The number of esters is 1. The van der Waals surface area contributed by atoms with Crippen LogP contribution in [-0.4, -0.2) is 26.0 Å². The maximum absolute atomic E-state index is 11.6. The van der Waals surface area contributed by atoms with E-state index in [0.717, 1.165) is 10.8 Å². The highest BCUT2D eigenvalue weighted by Gasteiger charge is 2.22. The van der Waals surface area contributed by atoms with Crippen molar-refractivity contribution in [2.75, 3.05) is 7.11 Å². The fraction of sp³-hybridized carbons (Fsp3) is 0.105. The fourth-order valence-corrected chi connectivity index (χ4v) is 3.17. The summed E-state index contributed by atoms with van der Waals surface area (Å²) in [7, 11) is -3.42. The van der Waals surface area contributed by atoms with Crippen LogP contribution in [0.1, 0.15) is 27.6 Å². The van der Waals surface area contributed by atoms with E-state index in [4.69, 9.17) is 4.18 Å². The molecule has 0 aliphatic heterocycles. The normalized spacial score (nSPS) is 12.7. The minimum atomic E-state index is -4.70. The quantitative estimate of drug-likeness (QED) is 0.544. The average molecular weight is 372 g/mol. The summed E-state index contributed by atoms with van der Waals surface area (Å²) < 4.78 is 41.4. The van der Waals surface area contributed by atoms with Crippen LogP contribution in [0.15, 0.2) is 66.7 Å². The first kappa shape index (κ1) is 18.1. The van der Waals surface area contributed by atoms with Crippen LogP contribution in [0.25, 0.3) is 10.8 Å². The molecule has 3 rings (SSSR count). The van der Waals surface area contributed by atoms with Gasteiger partial charge in [-0.1, -0.05) is 48.5 Å². The second-order valence-corrected chi connectivity index (χ2v) is 6.67. The molecule has 134 valence electrons. The molecule has 0 spiro atoms. The Morgan fingerprint density at radius 2 is 1.54 bits per heavy atom. The van der Waals surface area contributed by atoms with Crippen molar-refractivity contribution in [2.24, 2.45) is 0 Å². The van der Waals surface area contributed by atoms with Crippen LogP contribution in [0.5, 0.6) is 0 Å². The van der Waals surface area contributed by atoms with Gasteiger partial charge in [-0.25, -0.2) is 8.98 Å². The summed E-state index contributed by atoms with van der Waals surface area (Å²) in [6.45, 7) is 0. The molecule has 0 aliphatic carbocycles. The van der Waals surface area contributed by atoms with Gasteiger partial charge in [-0.05, 0) is 40.1 Å². The van der Waals surface area contributed by atoms with E-state index >= 15 is 0 Å². The lowest BCUT2D eigenvalue weighted by Gasteiger charge is -2.17. The molecule has 1 unspecified atom stereocenters. The van der Waals surface area contributed by atoms with E-state index in [9.17, 15) is 17.8 Å². The van der Waals surface area contributed by atoms with E-state index in [2.05, 4.69) is 4.74 Å². The second-order valence-electron chi connectivity index (χ2n) is 5.62. The summed E-state index contributed by atoms with van der Waals surface area (Å²) in [5.74, 6) is -0.505. The van der Waals surface area contributed by atoms with E-state index in [1.165, 1.54) is 19.2 Å². The maximum Gasteiger partial charge on any atom is 0.398 e. The second kappa shape index (κ2) is 7.25. The van der Waals surface area contributed by atoms with Gasteiger partial charge in [-0.15, -0.1) is 0 Å². The fourth-order valence-electron chi connectivity index (χ4n) is 2.71. The molecule has 0 bridgehead atoms. The summed E-state index contributed by atoms with van der Waals surface area (Å²) in [5.41, 5.74) is 1.33. The molecule has 0 radical (unpaired) electrons. The van der Waals surface area contributed by atoms with Crippen molar-refractivity contribution in [3.05, 3.63) is 83.4 Å². The number of benzene rings is 3. The van der Waals surface area contributed by atoms with Crippen molar-refractivity contribution in [1.82, 2.24) is 0 Å². The minimum absolute atomic E-state index is 0.320. The predicted molar refractivity (Wildman–Crippen MR) is 96.2 cm³/mol. The molecule has 0 aliphatic rings. The lowest BCUT2D eigenvalue weighted by molar-refractivity contribution is 0.0600. The Morgan fingerprint density at radius 1 is 0.923 bits per heavy atom. The Bertz CT molecular complexity index is 1040. The molecule has 0 amide bonds. The summed E-state index contributed by atoms with van der Waals surface area (Å²) in [6.07, 6.45) is -1.05. The topological polar surface area (TPSA) is 89.9 Å². The number of hydrogen-bond donors (Lipinski definition) is 1. The third-order valence-corrected chi connectivity index (χ3v) is 4.36. The van der Waals surface area contributed by atoms with Gasteiger partial charge in [-0.3, -0.25) is 4.55 Å². The van der Waals surface area contributed by atoms with Gasteiger partial charge in [0, 0.05) is 0 Å². The number of rotatable bonds is 5. The zero-order valence-electron chi connectivity index (χ0n) is 13.8. The molecule has 0 fully saturated rings. The number of carbonyl (C=O) groups excluding carboxylic acids is 1. The highest BCUT2D eigenvalue weighted by atomic mass is 32.3. The zero-order chi connectivity index (χ0) is 18.7. The zero-order valence-corrected chi connectivity index (χ0v) is 14.6. The molecule has 3 aromatic carbocycles. The molecule has 0 aromatic heterocycles. The van der Waals surface area contributed by atoms with Crippen LogP contribution in [-0.2, 0) is 19.3 Å². The largest absolute Gasteiger partial charge is 0.465 e. The Hall–Kier alpha value is -2.74. The first-order valence-corrected chi connectivity index (χ1v) is 9.06. The average Bonchev–Trinajstić information content (AvgIpc) is 2.64. The van der Waals surface area contributed by atoms with E-state index in [0.29, 0.717) is 16.7 Å². The summed E-state index contributed by atoms with van der Waals surface area (Å²) in [5, 5.41) is 1.89. The molecule has 0 saturated carbocycles. The third-order valence-electron chi connectivity index (χ3n) is 3.93. The highest BCUT2D eigenvalue weighted by molar-refractivity contribution is 7.80. The first-order valence-electron chi connectivity index (χ1n) is 7.70. The summed E-state index contributed by atoms with van der Waals surface area (Å²) in [6, 6.07) is 19.1. The monoisotopic (exact) mass is 372 g/mol. The van der Waals surface area contributed by atoms with Gasteiger partial charge in [0.2, 0.25) is 0 Å². The lowest BCUT2D eigenvalue weighted by atomic mass is 9.98. The Balaban J connectivity index is 2.05. The Labute approximate surface area is 150 Å². The van der Waals surface area contributed by atoms with Crippen LogP contribution in [0.2, 0.25) is 0 Å².